The van der Waals surface area contributed by atoms with E-state index < -0.39 is 102 Å². The van der Waals surface area contributed by atoms with Gasteiger partial charge in [-0.15, -0.1) is 0 Å². The fraction of sp³-hybridized carbons (Fsp3) is 0.809. The summed E-state index contributed by atoms with van der Waals surface area (Å²) in [4.78, 5) is 102. The molecule has 1 aliphatic heterocycles. The molecule has 0 spiro atoms. The third kappa shape index (κ3) is 14.9. The van der Waals surface area contributed by atoms with Crippen molar-refractivity contribution in [3.05, 3.63) is 12.7 Å². The largest absolute Gasteiger partial charge is 0.481 e. The quantitative estimate of drug-likeness (QED) is 0.0490. The number of fused-ring (bicyclic) bond motifs is 6. The van der Waals surface area contributed by atoms with Crippen LogP contribution in [0.4, 0.5) is 5.82 Å². The molecule has 7 rings (SSSR count). The van der Waals surface area contributed by atoms with Crippen molar-refractivity contribution in [2.45, 2.75) is 148 Å². The Hall–Kier alpha value is -3.09. The highest BCUT2D eigenvalue weighted by molar-refractivity contribution is 8.13. The Balaban J connectivity index is 0.758. The van der Waals surface area contributed by atoms with Crippen LogP contribution in [-0.2, 0) is 55.5 Å². The van der Waals surface area contributed by atoms with Gasteiger partial charge in [0.1, 0.15) is 36.3 Å². The average molecular weight is 1220 g/mol. The number of phosphoric ester groups is 3. The van der Waals surface area contributed by atoms with Crippen molar-refractivity contribution in [2.75, 3.05) is 44.3 Å². The molecule has 5 aliphatic rings. The van der Waals surface area contributed by atoms with Gasteiger partial charge in [-0.1, -0.05) is 46.4 Å². The molecular formula is C47H77N8O21P3S. The third-order valence-corrected chi connectivity index (χ3v) is 21.5. The summed E-state index contributed by atoms with van der Waals surface area (Å²) in [6.45, 7) is 6.58. The summed E-state index contributed by atoms with van der Waals surface area (Å²) >= 11 is 0.910. The molecule has 0 aromatic carbocycles. The number of rotatable bonds is 25. The molecule has 18 unspecified atom stereocenters. The number of aliphatic hydroxyl groups is 5. The lowest BCUT2D eigenvalue weighted by atomic mass is 9.43. The predicted molar refractivity (Wildman–Crippen MR) is 283 cm³/mol. The van der Waals surface area contributed by atoms with Crippen molar-refractivity contribution in [3.63, 3.8) is 0 Å². The normalized spacial score (nSPS) is 33.8. The number of imidazole rings is 1. The molecule has 4 aliphatic carbocycles. The maximum Gasteiger partial charge on any atom is 0.481 e. The lowest BCUT2D eigenvalue weighted by Crippen LogP contribution is -2.62. The van der Waals surface area contributed by atoms with Gasteiger partial charge in [-0.3, -0.25) is 37.3 Å². The number of carbonyl (C=O) groups excluding carboxylic acids is 4. The predicted octanol–water partition coefficient (Wildman–Crippen LogP) is 1.16. The number of phosphoric acid groups is 3. The zero-order valence-electron chi connectivity index (χ0n) is 45.1. The highest BCUT2D eigenvalue weighted by atomic mass is 32.2. The number of aromatic nitrogens is 4. The smallest absolute Gasteiger partial charge is 0.393 e. The molecule has 3 heterocycles. The Morgan fingerprint density at radius 2 is 1.61 bits per heavy atom. The second-order valence-electron chi connectivity index (χ2n) is 23.1. The number of hydrogen-bond acceptors (Lipinski definition) is 22. The zero-order chi connectivity index (χ0) is 58.9. The molecule has 5 fully saturated rings. The summed E-state index contributed by atoms with van der Waals surface area (Å²) < 4.78 is 62.6. The van der Waals surface area contributed by atoms with E-state index in [1.807, 2.05) is 0 Å². The van der Waals surface area contributed by atoms with Crippen LogP contribution in [-0.4, -0.2) is 169 Å². The summed E-state index contributed by atoms with van der Waals surface area (Å²) in [6, 6.07) is 0. The summed E-state index contributed by atoms with van der Waals surface area (Å²) in [5, 5.41) is 62.8. The van der Waals surface area contributed by atoms with Crippen LogP contribution in [0.1, 0.15) is 105 Å². The minimum Gasteiger partial charge on any atom is -0.393 e. The van der Waals surface area contributed by atoms with E-state index >= 15 is 0 Å². The Morgan fingerprint density at radius 3 is 2.33 bits per heavy atom. The van der Waals surface area contributed by atoms with Crippen LogP contribution in [0.2, 0.25) is 0 Å². The van der Waals surface area contributed by atoms with Crippen molar-refractivity contribution in [1.29, 1.82) is 0 Å². The number of nitrogens with two attached hydrogens (primary N) is 1. The first-order valence-corrected chi connectivity index (χ1v) is 32.1. The number of nitrogens with zero attached hydrogens (tertiary/aromatic N) is 4. The topological polar surface area (TPSA) is 453 Å². The SMILES string of the molecule is CC(CCC(=O)NCC(=O)SCCNC(=O)CCNC(=O)C(O)C(C)(C)COP(=O)(O)OP(=O)(O)OCC1OC(n2cnc3c(N)ncnc32)C(O)C1OP(=O)(O)O)C1CCC2C3C(O)CC4CC(O)CCC4(C)C3CC(O)C12C. The van der Waals surface area contributed by atoms with Crippen LogP contribution in [0.15, 0.2) is 12.7 Å². The fourth-order valence-corrected chi connectivity index (χ4v) is 16.7. The number of aliphatic hydroxyl groups excluding tert-OH is 5. The summed E-state index contributed by atoms with van der Waals surface area (Å²) in [7, 11) is -16.5. The van der Waals surface area contributed by atoms with Gasteiger partial charge >= 0.3 is 23.5 Å². The van der Waals surface area contributed by atoms with Gasteiger partial charge in [-0.25, -0.2) is 28.6 Å². The van der Waals surface area contributed by atoms with E-state index in [0.717, 1.165) is 54.7 Å². The molecule has 2 aromatic rings. The number of hydrogen-bond donors (Lipinski definition) is 13. The average Bonchev–Trinajstić information content (AvgIpc) is 4.22. The summed E-state index contributed by atoms with van der Waals surface area (Å²) in [6.07, 6.45) is -2.27. The van der Waals surface area contributed by atoms with E-state index in [9.17, 15) is 78.0 Å². The van der Waals surface area contributed by atoms with Crippen molar-refractivity contribution < 1.29 is 101 Å². The molecule has 33 heteroatoms. The Labute approximate surface area is 466 Å². The van der Waals surface area contributed by atoms with E-state index in [2.05, 4.69) is 60.5 Å². The minimum atomic E-state index is -5.62. The van der Waals surface area contributed by atoms with Gasteiger partial charge in [0, 0.05) is 37.1 Å². The fourth-order valence-electron chi connectivity index (χ4n) is 13.3. The highest BCUT2D eigenvalue weighted by Gasteiger charge is 2.66. The van der Waals surface area contributed by atoms with Gasteiger partial charge < -0.3 is 71.5 Å². The molecule has 0 radical (unpaired) electrons. The van der Waals surface area contributed by atoms with Crippen molar-refractivity contribution >= 4 is 75.0 Å². The number of ether oxygens (including phenoxy) is 1. The molecule has 4 saturated carbocycles. The first-order valence-electron chi connectivity index (χ1n) is 26.6. The second-order valence-corrected chi connectivity index (χ2v) is 28.5. The third-order valence-electron chi connectivity index (χ3n) is 17.5. The van der Waals surface area contributed by atoms with E-state index in [-0.39, 0.29) is 113 Å². The standard InChI is InChI=1S/C47H77N8O21P3S/c1-24(27-7-8-28-36-29(18-32(58)47(27,28)5)46(4)12-10-26(56)16-25(46)17-30(36)57)6-9-33(59)51-19-35(61)80-15-14-49-34(60)11-13-50-43(64)40(63)45(2,3)21-73-79(70,71)76-78(68,69)72-20-31-39(75-77(65,66)67)38(62)44(74-31)55-23-54-37-41(48)52-22-53-42(37)55/h22-32,36,38-40,44,56-58,62-63H,6-21H2,1-5H3,(H,49,60)(H,50,64)(H,51,59)(H,68,69)(H,70,71)(H2,48,52,53)(H2,65,66,67). The molecule has 80 heavy (non-hydrogen) atoms. The summed E-state index contributed by atoms with van der Waals surface area (Å²) in [5.74, 6) is -0.725. The van der Waals surface area contributed by atoms with Gasteiger partial charge in [0.15, 0.2) is 17.7 Å². The molecular weight excluding hydrogens is 1140 g/mol. The molecule has 2 aromatic heterocycles. The zero-order valence-corrected chi connectivity index (χ0v) is 48.6. The molecule has 18 atom stereocenters. The van der Waals surface area contributed by atoms with Crippen LogP contribution in [0, 0.1) is 51.8 Å². The van der Waals surface area contributed by atoms with Crippen LogP contribution in [0.5, 0.6) is 0 Å². The minimum absolute atomic E-state index is 0.0178. The van der Waals surface area contributed by atoms with Gasteiger partial charge in [0.25, 0.3) is 0 Å². The van der Waals surface area contributed by atoms with Crippen molar-refractivity contribution in [3.8, 4) is 0 Å². The molecule has 29 nitrogen and oxygen atoms in total. The number of amides is 3. The number of carbonyl (C=O) groups is 4. The molecule has 452 valence electrons. The number of nitrogen functional groups attached to an aromatic ring is 1. The lowest BCUT2D eigenvalue weighted by Gasteiger charge is -2.63. The van der Waals surface area contributed by atoms with Crippen LogP contribution in [0.25, 0.3) is 11.2 Å². The summed E-state index contributed by atoms with van der Waals surface area (Å²) in [5.41, 5.74) is 3.79. The Morgan fingerprint density at radius 1 is 0.912 bits per heavy atom. The first kappa shape index (κ1) is 64.5. The highest BCUT2D eigenvalue weighted by Crippen LogP contribution is 2.68. The number of nitrogens with one attached hydrogen (secondary N) is 3. The van der Waals surface area contributed by atoms with Gasteiger partial charge in [-0.05, 0) is 97.7 Å². The van der Waals surface area contributed by atoms with Gasteiger partial charge in [-0.2, -0.15) is 4.31 Å². The molecule has 0 bridgehead atoms. The lowest BCUT2D eigenvalue weighted by molar-refractivity contribution is -0.207. The van der Waals surface area contributed by atoms with Crippen LogP contribution >= 0.6 is 35.2 Å². The molecule has 3 amide bonds. The molecule has 1 saturated heterocycles. The van der Waals surface area contributed by atoms with Crippen LogP contribution < -0.4 is 21.7 Å². The Bertz CT molecular complexity index is 2710. The van der Waals surface area contributed by atoms with E-state index in [1.54, 1.807) is 0 Å². The van der Waals surface area contributed by atoms with Crippen LogP contribution in [0.3, 0.4) is 0 Å². The van der Waals surface area contributed by atoms with Gasteiger partial charge in [0.05, 0.1) is 44.4 Å². The van der Waals surface area contributed by atoms with E-state index in [1.165, 1.54) is 13.8 Å². The van der Waals surface area contributed by atoms with E-state index in [4.69, 9.17) is 19.5 Å². The molecule has 14 N–H and O–H groups in total. The van der Waals surface area contributed by atoms with E-state index in [0.29, 0.717) is 25.7 Å². The van der Waals surface area contributed by atoms with Crippen molar-refractivity contribution in [1.82, 2.24) is 35.5 Å². The number of anilines is 1. The number of thioether (sulfide) groups is 1. The monoisotopic (exact) mass is 1210 g/mol. The van der Waals surface area contributed by atoms with Gasteiger partial charge in [0.2, 0.25) is 22.8 Å². The Kier molecular flexibility index (Phi) is 20.7. The second kappa shape index (κ2) is 25.6. The maximum absolute atomic E-state index is 12.9. The first-order chi connectivity index (χ1) is 37.3. The maximum atomic E-state index is 12.9. The van der Waals surface area contributed by atoms with Crippen molar-refractivity contribution in [2.24, 2.45) is 51.8 Å².